The molecular weight excluding hydrogens is 398 g/mol. The van der Waals surface area contributed by atoms with Crippen molar-refractivity contribution in [3.8, 4) is 6.07 Å². The second-order valence-corrected chi connectivity index (χ2v) is 6.46. The van der Waals surface area contributed by atoms with Crippen molar-refractivity contribution in [3.05, 3.63) is 77.9 Å². The summed E-state index contributed by atoms with van der Waals surface area (Å²) in [5.74, 6) is -1.05. The van der Waals surface area contributed by atoms with Crippen LogP contribution in [0.5, 0.6) is 0 Å². The van der Waals surface area contributed by atoms with Crippen LogP contribution >= 0.6 is 0 Å². The summed E-state index contributed by atoms with van der Waals surface area (Å²) in [5.41, 5.74) is 0.839. The number of hydrogen-bond acceptors (Lipinski definition) is 4. The molecule has 0 bridgehead atoms. The van der Waals surface area contributed by atoms with Crippen molar-refractivity contribution in [1.29, 1.82) is 5.26 Å². The van der Waals surface area contributed by atoms with Crippen LogP contribution in [0.15, 0.2) is 60.8 Å². The molecule has 2 aromatic carbocycles. The molecule has 0 amide bonds. The average molecular weight is 411 g/mol. The van der Waals surface area contributed by atoms with Gasteiger partial charge in [0.25, 0.3) is 0 Å². The van der Waals surface area contributed by atoms with Crippen LogP contribution in [-0.4, -0.2) is 9.97 Å². The number of aromatic nitrogens is 2. The first-order chi connectivity index (χ1) is 14.3. The molecule has 2 aromatic heterocycles. The Balaban J connectivity index is 1.61. The molecule has 0 aliphatic carbocycles. The third-order valence-corrected chi connectivity index (χ3v) is 4.33. The van der Waals surface area contributed by atoms with Crippen LogP contribution in [0.25, 0.3) is 10.9 Å². The van der Waals surface area contributed by atoms with Crippen LogP contribution in [0.2, 0.25) is 0 Å². The number of anilines is 4. The molecule has 0 atom stereocenters. The molecule has 0 saturated heterocycles. The van der Waals surface area contributed by atoms with Gasteiger partial charge < -0.3 is 15.6 Å². The standard InChI is InChI=1S/C21H13F4N5/c22-18-8-13(3-4-17(18)21(23,24)25)28-15-7-16(11-26)30-20(10-15)29-14-2-1-12-5-6-27-19(12)9-14/h1-10,27H,(H2,28,29,30). The van der Waals surface area contributed by atoms with Crippen molar-refractivity contribution >= 4 is 33.8 Å². The molecule has 0 fully saturated rings. The Kier molecular flexibility index (Phi) is 4.75. The first kappa shape index (κ1) is 19.3. The monoisotopic (exact) mass is 411 g/mol. The highest BCUT2D eigenvalue weighted by atomic mass is 19.4. The summed E-state index contributed by atoms with van der Waals surface area (Å²) in [7, 11) is 0. The highest BCUT2D eigenvalue weighted by Gasteiger charge is 2.33. The molecule has 0 saturated carbocycles. The number of aromatic amines is 1. The highest BCUT2D eigenvalue weighted by molar-refractivity contribution is 5.83. The second kappa shape index (κ2) is 7.40. The lowest BCUT2D eigenvalue weighted by Crippen LogP contribution is -2.08. The summed E-state index contributed by atoms with van der Waals surface area (Å²) in [6, 6.07) is 15.0. The van der Waals surface area contributed by atoms with Crippen molar-refractivity contribution in [1.82, 2.24) is 9.97 Å². The first-order valence-electron chi connectivity index (χ1n) is 8.72. The Morgan fingerprint density at radius 2 is 1.67 bits per heavy atom. The number of halogens is 4. The van der Waals surface area contributed by atoms with Gasteiger partial charge in [0.05, 0.1) is 5.56 Å². The Morgan fingerprint density at radius 3 is 2.40 bits per heavy atom. The van der Waals surface area contributed by atoms with Crippen molar-refractivity contribution in [2.45, 2.75) is 6.18 Å². The fraction of sp³-hybridized carbons (Fsp3) is 0.0476. The van der Waals surface area contributed by atoms with E-state index in [0.29, 0.717) is 17.6 Å². The van der Waals surface area contributed by atoms with Crippen molar-refractivity contribution in [3.63, 3.8) is 0 Å². The SMILES string of the molecule is N#Cc1cc(Nc2ccc(C(F)(F)F)c(F)c2)cc(Nc2ccc3cc[nH]c3c2)n1. The van der Waals surface area contributed by atoms with Gasteiger partial charge in [0.1, 0.15) is 23.4 Å². The highest BCUT2D eigenvalue weighted by Crippen LogP contribution is 2.33. The summed E-state index contributed by atoms with van der Waals surface area (Å²) in [6.07, 6.45) is -2.96. The lowest BCUT2D eigenvalue weighted by molar-refractivity contribution is -0.139. The first-order valence-corrected chi connectivity index (χ1v) is 8.72. The van der Waals surface area contributed by atoms with E-state index >= 15 is 0 Å². The second-order valence-electron chi connectivity index (χ2n) is 6.46. The molecule has 0 aliphatic rings. The topological polar surface area (TPSA) is 76.5 Å². The Morgan fingerprint density at radius 1 is 0.900 bits per heavy atom. The van der Waals surface area contributed by atoms with Crippen molar-refractivity contribution in [2.75, 3.05) is 10.6 Å². The fourth-order valence-electron chi connectivity index (χ4n) is 2.99. The largest absolute Gasteiger partial charge is 0.419 e. The Hall–Kier alpha value is -4.06. The van der Waals surface area contributed by atoms with Crippen LogP contribution in [0.1, 0.15) is 11.3 Å². The molecule has 9 heteroatoms. The van der Waals surface area contributed by atoms with E-state index in [1.54, 1.807) is 6.07 Å². The number of hydrogen-bond donors (Lipinski definition) is 3. The van der Waals surface area contributed by atoms with Gasteiger partial charge in [-0.2, -0.15) is 18.4 Å². The summed E-state index contributed by atoms with van der Waals surface area (Å²) in [6.45, 7) is 0. The molecule has 0 unspecified atom stereocenters. The van der Waals surface area contributed by atoms with Gasteiger partial charge in [-0.25, -0.2) is 9.37 Å². The lowest BCUT2D eigenvalue weighted by atomic mass is 10.1. The molecule has 30 heavy (non-hydrogen) atoms. The zero-order valence-corrected chi connectivity index (χ0v) is 15.2. The zero-order chi connectivity index (χ0) is 21.3. The van der Waals surface area contributed by atoms with Gasteiger partial charge >= 0.3 is 6.18 Å². The van der Waals surface area contributed by atoms with Gasteiger partial charge in [-0.1, -0.05) is 6.07 Å². The zero-order valence-electron chi connectivity index (χ0n) is 15.2. The third kappa shape index (κ3) is 4.03. The molecule has 2 heterocycles. The Bertz CT molecular complexity index is 1270. The number of benzene rings is 2. The van der Waals surface area contributed by atoms with Crippen molar-refractivity contribution in [2.24, 2.45) is 0 Å². The van der Waals surface area contributed by atoms with Crippen LogP contribution in [-0.2, 0) is 6.18 Å². The Labute approximate surface area is 168 Å². The van der Waals surface area contributed by atoms with E-state index in [9.17, 15) is 22.8 Å². The van der Waals surface area contributed by atoms with Gasteiger partial charge in [-0.3, -0.25) is 0 Å². The van der Waals surface area contributed by atoms with Gasteiger partial charge in [-0.05, 0) is 47.9 Å². The summed E-state index contributed by atoms with van der Waals surface area (Å²) >= 11 is 0. The fourth-order valence-corrected chi connectivity index (χ4v) is 2.99. The van der Waals surface area contributed by atoms with E-state index in [2.05, 4.69) is 20.6 Å². The van der Waals surface area contributed by atoms with E-state index in [4.69, 9.17) is 0 Å². The molecule has 5 nitrogen and oxygen atoms in total. The predicted molar refractivity (Wildman–Crippen MR) is 105 cm³/mol. The number of nitriles is 1. The van der Waals surface area contributed by atoms with Crippen LogP contribution < -0.4 is 10.6 Å². The summed E-state index contributed by atoms with van der Waals surface area (Å²) in [4.78, 5) is 7.27. The van der Waals surface area contributed by atoms with Crippen LogP contribution in [0.3, 0.4) is 0 Å². The minimum atomic E-state index is -4.77. The number of rotatable bonds is 4. The average Bonchev–Trinajstić information content (AvgIpc) is 3.14. The number of H-pyrrole nitrogens is 1. The number of nitrogens with zero attached hydrogens (tertiary/aromatic N) is 2. The maximum absolute atomic E-state index is 13.8. The third-order valence-electron chi connectivity index (χ3n) is 4.33. The van der Waals surface area contributed by atoms with E-state index in [1.165, 1.54) is 6.07 Å². The maximum Gasteiger partial charge on any atom is 0.419 e. The summed E-state index contributed by atoms with van der Waals surface area (Å²) in [5, 5.41) is 16.2. The number of alkyl halides is 3. The normalized spacial score (nSPS) is 11.3. The van der Waals surface area contributed by atoms with E-state index in [1.807, 2.05) is 36.5 Å². The molecular formula is C21H13F4N5. The van der Waals surface area contributed by atoms with Gasteiger partial charge in [0, 0.05) is 34.8 Å². The summed E-state index contributed by atoms with van der Waals surface area (Å²) < 4.78 is 52.0. The minimum absolute atomic E-state index is 0.0795. The predicted octanol–water partition coefficient (Wildman–Crippen LogP) is 6.08. The quantitative estimate of drug-likeness (QED) is 0.356. The van der Waals surface area contributed by atoms with E-state index in [-0.39, 0.29) is 11.4 Å². The molecule has 4 rings (SSSR count). The minimum Gasteiger partial charge on any atom is -0.361 e. The molecule has 0 spiro atoms. The van der Waals surface area contributed by atoms with E-state index in [0.717, 1.165) is 28.7 Å². The number of pyridine rings is 1. The van der Waals surface area contributed by atoms with Gasteiger partial charge in [0.2, 0.25) is 0 Å². The lowest BCUT2D eigenvalue weighted by Gasteiger charge is -2.12. The number of fused-ring (bicyclic) bond motifs is 1. The van der Waals surface area contributed by atoms with Crippen LogP contribution in [0, 0.1) is 17.1 Å². The smallest absolute Gasteiger partial charge is 0.361 e. The molecule has 150 valence electrons. The molecule has 0 aliphatic heterocycles. The maximum atomic E-state index is 13.8. The van der Waals surface area contributed by atoms with Crippen molar-refractivity contribution < 1.29 is 17.6 Å². The molecule has 3 N–H and O–H groups in total. The molecule has 0 radical (unpaired) electrons. The van der Waals surface area contributed by atoms with Gasteiger partial charge in [-0.15, -0.1) is 0 Å². The molecule has 4 aromatic rings. The van der Waals surface area contributed by atoms with Crippen LogP contribution in [0.4, 0.5) is 40.4 Å². The van der Waals surface area contributed by atoms with E-state index < -0.39 is 17.6 Å². The van der Waals surface area contributed by atoms with Gasteiger partial charge in [0.15, 0.2) is 0 Å². The number of nitrogens with one attached hydrogen (secondary N) is 3.